The zero-order chi connectivity index (χ0) is 12.3. The Kier molecular flexibility index (Phi) is 3.64. The fraction of sp³-hybridized carbons (Fsp3) is 0.636. The Morgan fingerprint density at radius 1 is 1.29 bits per heavy atom. The Bertz CT molecular complexity index is 359. The molecule has 0 unspecified atom stereocenters. The molecule has 0 amide bonds. The second kappa shape index (κ2) is 5.02. The van der Waals surface area contributed by atoms with Crippen molar-refractivity contribution in [2.24, 2.45) is 5.41 Å². The number of nitrogens with zero attached hydrogens (tertiary/aromatic N) is 2. The minimum Gasteiger partial charge on any atom is -0.464 e. The zero-order valence-electron chi connectivity index (χ0n) is 10.5. The molecule has 1 fully saturated rings. The molecule has 6 heteroatoms. The molecular formula is C11H17BN2O3. The molecule has 0 radical (unpaired) electrons. The van der Waals surface area contributed by atoms with Crippen molar-refractivity contribution in [3.8, 4) is 6.01 Å². The molecule has 0 N–H and O–H groups in total. The molecule has 2 heterocycles. The van der Waals surface area contributed by atoms with Gasteiger partial charge in [-0.15, -0.1) is 0 Å². The summed E-state index contributed by atoms with van der Waals surface area (Å²) in [7, 11) is -0.362. The molecule has 1 saturated heterocycles. The van der Waals surface area contributed by atoms with E-state index >= 15 is 0 Å². The largest absolute Gasteiger partial charge is 0.497 e. The highest BCUT2D eigenvalue weighted by atomic mass is 16.6. The number of ether oxygens (including phenoxy) is 1. The monoisotopic (exact) mass is 236 g/mol. The van der Waals surface area contributed by atoms with Crippen LogP contribution in [-0.4, -0.2) is 36.9 Å². The third-order valence-electron chi connectivity index (χ3n) is 2.44. The lowest BCUT2D eigenvalue weighted by molar-refractivity contribution is 0.0342. The van der Waals surface area contributed by atoms with Crippen LogP contribution in [0.15, 0.2) is 12.4 Å². The van der Waals surface area contributed by atoms with Gasteiger partial charge in [-0.2, -0.15) is 0 Å². The second-order valence-electron chi connectivity index (χ2n) is 4.85. The van der Waals surface area contributed by atoms with Crippen LogP contribution in [0.5, 0.6) is 6.01 Å². The average molecular weight is 236 g/mol. The standard InChI is InChI=1S/C11H17BN2O3/c1-4-15-10-13-5-9(6-14-10)12-16-7-11(2,3)8-17-12/h5-6H,4,7-8H2,1-3H3. The normalized spacial score (nSPS) is 19.1. The molecule has 1 aromatic heterocycles. The SMILES string of the molecule is CCOc1ncc(B2OCC(C)(C)CO2)cn1. The first kappa shape index (κ1) is 12.3. The summed E-state index contributed by atoms with van der Waals surface area (Å²) in [4.78, 5) is 8.17. The van der Waals surface area contributed by atoms with E-state index in [1.807, 2.05) is 6.92 Å². The first-order valence-electron chi connectivity index (χ1n) is 5.79. The highest BCUT2D eigenvalue weighted by Crippen LogP contribution is 2.21. The van der Waals surface area contributed by atoms with Gasteiger partial charge in [0.05, 0.1) is 6.61 Å². The molecule has 5 nitrogen and oxygen atoms in total. The van der Waals surface area contributed by atoms with Gasteiger partial charge in [0.15, 0.2) is 0 Å². The zero-order valence-corrected chi connectivity index (χ0v) is 10.5. The summed E-state index contributed by atoms with van der Waals surface area (Å²) in [5.41, 5.74) is 0.895. The molecule has 17 heavy (non-hydrogen) atoms. The molecule has 0 aliphatic carbocycles. The second-order valence-corrected chi connectivity index (χ2v) is 4.85. The first-order chi connectivity index (χ1) is 8.11. The summed E-state index contributed by atoms with van der Waals surface area (Å²) in [5.74, 6) is 0. The van der Waals surface area contributed by atoms with Crippen LogP contribution in [0, 0.1) is 5.41 Å². The predicted molar refractivity (Wildman–Crippen MR) is 64.3 cm³/mol. The van der Waals surface area contributed by atoms with Crippen LogP contribution in [0.4, 0.5) is 0 Å². The summed E-state index contributed by atoms with van der Waals surface area (Å²) in [6, 6.07) is 0.382. The smallest absolute Gasteiger partial charge is 0.464 e. The van der Waals surface area contributed by atoms with Crippen molar-refractivity contribution in [1.82, 2.24) is 9.97 Å². The van der Waals surface area contributed by atoms with Crippen LogP contribution in [0.1, 0.15) is 20.8 Å². The maximum atomic E-state index is 5.64. The van der Waals surface area contributed by atoms with Crippen LogP contribution in [0.3, 0.4) is 0 Å². The van der Waals surface area contributed by atoms with Gasteiger partial charge in [-0.25, -0.2) is 9.97 Å². The molecule has 0 saturated carbocycles. The lowest BCUT2D eigenvalue weighted by Crippen LogP contribution is -2.47. The summed E-state index contributed by atoms with van der Waals surface area (Å²) in [6.45, 7) is 8.02. The molecule has 2 rings (SSSR count). The van der Waals surface area contributed by atoms with E-state index in [0.29, 0.717) is 25.8 Å². The van der Waals surface area contributed by atoms with Crippen LogP contribution in [0.25, 0.3) is 0 Å². The predicted octanol–water partition coefficient (Wildman–Crippen LogP) is 0.643. The van der Waals surface area contributed by atoms with Crippen molar-refractivity contribution in [3.05, 3.63) is 12.4 Å². The fourth-order valence-electron chi connectivity index (χ4n) is 1.54. The summed E-state index contributed by atoms with van der Waals surface area (Å²) in [6.07, 6.45) is 3.36. The molecule has 0 atom stereocenters. The fourth-order valence-corrected chi connectivity index (χ4v) is 1.54. The number of aromatic nitrogens is 2. The van der Waals surface area contributed by atoms with Gasteiger partial charge in [0.2, 0.25) is 0 Å². The maximum Gasteiger partial charge on any atom is 0.497 e. The number of hydrogen-bond acceptors (Lipinski definition) is 5. The minimum atomic E-state index is -0.362. The Balaban J connectivity index is 1.99. The Labute approximate surface area is 102 Å². The van der Waals surface area contributed by atoms with E-state index < -0.39 is 0 Å². The van der Waals surface area contributed by atoms with Gasteiger partial charge in [0, 0.05) is 36.5 Å². The topological polar surface area (TPSA) is 53.5 Å². The van der Waals surface area contributed by atoms with E-state index in [1.165, 1.54) is 0 Å². The average Bonchev–Trinajstić information content (AvgIpc) is 2.31. The van der Waals surface area contributed by atoms with Gasteiger partial charge < -0.3 is 14.0 Å². The van der Waals surface area contributed by atoms with Gasteiger partial charge in [0.25, 0.3) is 0 Å². The third kappa shape index (κ3) is 3.17. The molecule has 1 aliphatic heterocycles. The molecule has 0 aromatic carbocycles. The molecule has 0 spiro atoms. The highest BCUT2D eigenvalue weighted by molar-refractivity contribution is 6.61. The van der Waals surface area contributed by atoms with E-state index in [1.54, 1.807) is 12.4 Å². The number of rotatable bonds is 3. The van der Waals surface area contributed by atoms with Gasteiger partial charge >= 0.3 is 13.1 Å². The van der Waals surface area contributed by atoms with Crippen LogP contribution in [-0.2, 0) is 9.31 Å². The van der Waals surface area contributed by atoms with Crippen LogP contribution in [0.2, 0.25) is 0 Å². The highest BCUT2D eigenvalue weighted by Gasteiger charge is 2.33. The van der Waals surface area contributed by atoms with E-state index in [4.69, 9.17) is 14.0 Å². The van der Waals surface area contributed by atoms with E-state index in [9.17, 15) is 0 Å². The van der Waals surface area contributed by atoms with Crippen molar-refractivity contribution < 1.29 is 14.0 Å². The van der Waals surface area contributed by atoms with Crippen molar-refractivity contribution in [2.75, 3.05) is 19.8 Å². The first-order valence-corrected chi connectivity index (χ1v) is 5.79. The van der Waals surface area contributed by atoms with Crippen molar-refractivity contribution in [3.63, 3.8) is 0 Å². The van der Waals surface area contributed by atoms with Gasteiger partial charge in [-0.1, -0.05) is 13.8 Å². The summed E-state index contributed by atoms with van der Waals surface area (Å²) >= 11 is 0. The van der Waals surface area contributed by atoms with Crippen LogP contribution >= 0.6 is 0 Å². The van der Waals surface area contributed by atoms with E-state index in [-0.39, 0.29) is 12.5 Å². The Morgan fingerprint density at radius 2 is 1.88 bits per heavy atom. The maximum absolute atomic E-state index is 5.64. The van der Waals surface area contributed by atoms with Gasteiger partial charge in [0.1, 0.15) is 0 Å². The summed E-state index contributed by atoms with van der Waals surface area (Å²) in [5, 5.41) is 0. The van der Waals surface area contributed by atoms with E-state index in [2.05, 4.69) is 23.8 Å². The van der Waals surface area contributed by atoms with Gasteiger partial charge in [-0.3, -0.25) is 0 Å². The number of hydrogen-bond donors (Lipinski definition) is 0. The lowest BCUT2D eigenvalue weighted by atomic mass is 9.77. The van der Waals surface area contributed by atoms with Crippen LogP contribution < -0.4 is 10.2 Å². The molecule has 0 bridgehead atoms. The Morgan fingerprint density at radius 3 is 2.41 bits per heavy atom. The third-order valence-corrected chi connectivity index (χ3v) is 2.44. The quantitative estimate of drug-likeness (QED) is 0.721. The molecule has 1 aromatic rings. The van der Waals surface area contributed by atoms with Crippen molar-refractivity contribution in [2.45, 2.75) is 20.8 Å². The Hall–Kier alpha value is -1.14. The summed E-state index contributed by atoms with van der Waals surface area (Å²) < 4.78 is 16.4. The van der Waals surface area contributed by atoms with Crippen molar-refractivity contribution >= 4 is 12.6 Å². The lowest BCUT2D eigenvalue weighted by Gasteiger charge is -2.32. The molecular weight excluding hydrogens is 219 g/mol. The van der Waals surface area contributed by atoms with E-state index in [0.717, 1.165) is 5.46 Å². The minimum absolute atomic E-state index is 0.0720. The molecule has 1 aliphatic rings. The van der Waals surface area contributed by atoms with Crippen molar-refractivity contribution in [1.29, 1.82) is 0 Å². The van der Waals surface area contributed by atoms with Gasteiger partial charge in [-0.05, 0) is 6.92 Å². The molecule has 92 valence electrons.